The number of fused-ring (bicyclic) bond motifs is 6. The second kappa shape index (κ2) is 12.6. The Kier molecular flexibility index (Phi) is 7.17. The molecule has 0 fully saturated rings. The van der Waals surface area contributed by atoms with Crippen molar-refractivity contribution in [2.75, 3.05) is 0 Å². The van der Waals surface area contributed by atoms with Crippen molar-refractivity contribution in [2.45, 2.75) is 0 Å². The van der Waals surface area contributed by atoms with Crippen molar-refractivity contribution < 1.29 is 0 Å². The van der Waals surface area contributed by atoms with Gasteiger partial charge in [-0.2, -0.15) is 0 Å². The number of benzene rings is 9. The third-order valence-corrected chi connectivity index (χ3v) is 11.0. The van der Waals surface area contributed by atoms with E-state index < -0.39 is 0 Å². The zero-order chi connectivity index (χ0) is 36.3. The molecule has 0 aliphatic carbocycles. The van der Waals surface area contributed by atoms with Crippen LogP contribution in [0.2, 0.25) is 0 Å². The van der Waals surface area contributed by atoms with Crippen LogP contribution < -0.4 is 0 Å². The lowest BCUT2D eigenvalue weighted by Crippen LogP contribution is -1.97. The fourth-order valence-corrected chi connectivity index (χ4v) is 8.42. The van der Waals surface area contributed by atoms with Crippen LogP contribution in [0.1, 0.15) is 0 Å². The van der Waals surface area contributed by atoms with Gasteiger partial charge in [0.1, 0.15) is 5.82 Å². The van der Waals surface area contributed by atoms with E-state index in [1.54, 1.807) is 0 Å². The van der Waals surface area contributed by atoms with E-state index in [4.69, 9.17) is 9.97 Å². The van der Waals surface area contributed by atoms with Crippen LogP contribution in [-0.2, 0) is 0 Å². The Bertz CT molecular complexity index is 3240. The number of hydrogen-bond acceptors (Lipinski definition) is 2. The van der Waals surface area contributed by atoms with E-state index in [1.807, 2.05) is 0 Å². The van der Waals surface area contributed by atoms with Gasteiger partial charge < -0.3 is 0 Å². The fraction of sp³-hybridized carbons (Fsp3) is 0. The molecule has 0 aliphatic rings. The van der Waals surface area contributed by atoms with Crippen LogP contribution >= 0.6 is 0 Å². The Labute approximate surface area is 318 Å². The van der Waals surface area contributed by atoms with Gasteiger partial charge in [-0.15, -0.1) is 0 Å². The molecule has 0 N–H and O–H groups in total. The Morgan fingerprint density at radius 3 is 1.69 bits per heavy atom. The largest absolute Gasteiger partial charge is 0.292 e. The first kappa shape index (κ1) is 31.2. The molecule has 2 aromatic heterocycles. The summed E-state index contributed by atoms with van der Waals surface area (Å²) in [7, 11) is 0. The van der Waals surface area contributed by atoms with Crippen LogP contribution in [-0.4, -0.2) is 14.5 Å². The first-order valence-electron chi connectivity index (χ1n) is 18.7. The molecule has 0 unspecified atom stereocenters. The summed E-state index contributed by atoms with van der Waals surface area (Å²) < 4.78 is 2.26. The van der Waals surface area contributed by atoms with E-state index in [0.717, 1.165) is 66.8 Å². The van der Waals surface area contributed by atoms with Gasteiger partial charge in [0.15, 0.2) is 0 Å². The standard InChI is InChI=1S/C52H33N3/c1-2-18-38(19-3-1)55-50-27-11-10-26-48(50)54-52(55)37-30-28-36(29-31-37)45-33-49(43-25-13-17-35-15-5-7-21-40(35)43)53-51-44-23-9-8-22-42(44)46(32-47(45)51)41-24-12-16-34-14-4-6-20-39(34)41/h1-33H. The van der Waals surface area contributed by atoms with Crippen molar-refractivity contribution in [3.05, 3.63) is 200 Å². The van der Waals surface area contributed by atoms with Gasteiger partial charge in [0.25, 0.3) is 0 Å². The molecule has 55 heavy (non-hydrogen) atoms. The van der Waals surface area contributed by atoms with Gasteiger partial charge in [-0.1, -0.05) is 164 Å². The maximum absolute atomic E-state index is 5.53. The molecule has 0 saturated carbocycles. The zero-order valence-electron chi connectivity index (χ0n) is 29.9. The Morgan fingerprint density at radius 2 is 0.927 bits per heavy atom. The van der Waals surface area contributed by atoms with Crippen molar-refractivity contribution >= 4 is 54.3 Å². The molecule has 0 atom stereocenters. The first-order chi connectivity index (χ1) is 27.3. The van der Waals surface area contributed by atoms with Crippen molar-refractivity contribution in [2.24, 2.45) is 0 Å². The molecule has 0 spiro atoms. The summed E-state index contributed by atoms with van der Waals surface area (Å²) in [5.41, 5.74) is 12.0. The molecule has 3 heteroatoms. The third kappa shape index (κ3) is 5.13. The van der Waals surface area contributed by atoms with Gasteiger partial charge in [0.05, 0.1) is 22.2 Å². The van der Waals surface area contributed by atoms with Gasteiger partial charge in [0.2, 0.25) is 0 Å². The summed E-state index contributed by atoms with van der Waals surface area (Å²) in [4.78, 5) is 10.7. The maximum Gasteiger partial charge on any atom is 0.145 e. The van der Waals surface area contributed by atoms with Crippen LogP contribution in [0.5, 0.6) is 0 Å². The van der Waals surface area contributed by atoms with E-state index in [2.05, 4.69) is 205 Å². The summed E-state index contributed by atoms with van der Waals surface area (Å²) in [6.07, 6.45) is 0. The zero-order valence-corrected chi connectivity index (χ0v) is 29.9. The number of pyridine rings is 1. The Morgan fingerprint density at radius 1 is 0.345 bits per heavy atom. The van der Waals surface area contributed by atoms with Crippen molar-refractivity contribution in [3.8, 4) is 50.6 Å². The third-order valence-electron chi connectivity index (χ3n) is 11.0. The smallest absolute Gasteiger partial charge is 0.145 e. The minimum absolute atomic E-state index is 0.916. The van der Waals surface area contributed by atoms with Crippen molar-refractivity contribution in [3.63, 3.8) is 0 Å². The molecule has 0 amide bonds. The van der Waals surface area contributed by atoms with Gasteiger partial charge in [-0.25, -0.2) is 9.97 Å². The van der Waals surface area contributed by atoms with Crippen molar-refractivity contribution in [1.82, 2.24) is 14.5 Å². The predicted molar refractivity (Wildman–Crippen MR) is 231 cm³/mol. The van der Waals surface area contributed by atoms with Crippen LogP contribution in [0, 0.1) is 0 Å². The molecule has 11 rings (SSSR count). The summed E-state index contributed by atoms with van der Waals surface area (Å²) in [5, 5.41) is 8.30. The lowest BCUT2D eigenvalue weighted by atomic mass is 9.89. The first-order valence-corrected chi connectivity index (χ1v) is 18.7. The monoisotopic (exact) mass is 699 g/mol. The highest BCUT2D eigenvalue weighted by molar-refractivity contribution is 6.18. The predicted octanol–water partition coefficient (Wildman–Crippen LogP) is 13.7. The molecule has 0 radical (unpaired) electrons. The highest BCUT2D eigenvalue weighted by Gasteiger charge is 2.19. The maximum atomic E-state index is 5.53. The lowest BCUT2D eigenvalue weighted by Gasteiger charge is -2.17. The lowest BCUT2D eigenvalue weighted by molar-refractivity contribution is 1.10. The number of imidazole rings is 1. The van der Waals surface area contributed by atoms with Gasteiger partial charge >= 0.3 is 0 Å². The average Bonchev–Trinajstić information content (AvgIpc) is 3.65. The molecule has 2 heterocycles. The second-order valence-electron chi connectivity index (χ2n) is 14.1. The number of rotatable bonds is 5. The quantitative estimate of drug-likeness (QED) is 0.167. The topological polar surface area (TPSA) is 30.7 Å². The summed E-state index contributed by atoms with van der Waals surface area (Å²) in [5.74, 6) is 0.916. The summed E-state index contributed by atoms with van der Waals surface area (Å²) >= 11 is 0. The van der Waals surface area contributed by atoms with Crippen LogP contribution in [0.25, 0.3) is 105 Å². The molecule has 256 valence electrons. The normalized spacial score (nSPS) is 11.6. The van der Waals surface area contributed by atoms with Crippen LogP contribution in [0.3, 0.4) is 0 Å². The average molecular weight is 700 g/mol. The van der Waals surface area contributed by atoms with E-state index in [9.17, 15) is 0 Å². The van der Waals surface area contributed by atoms with Gasteiger partial charge in [-0.3, -0.25) is 4.57 Å². The van der Waals surface area contributed by atoms with E-state index >= 15 is 0 Å². The minimum Gasteiger partial charge on any atom is -0.292 e. The Hall–Kier alpha value is -7.36. The number of nitrogens with zero attached hydrogens (tertiary/aromatic N) is 3. The summed E-state index contributed by atoms with van der Waals surface area (Å²) in [6, 6.07) is 71.6. The van der Waals surface area contributed by atoms with Crippen LogP contribution in [0.15, 0.2) is 200 Å². The molecule has 0 bridgehead atoms. The second-order valence-corrected chi connectivity index (χ2v) is 14.1. The van der Waals surface area contributed by atoms with Crippen molar-refractivity contribution in [1.29, 1.82) is 0 Å². The minimum atomic E-state index is 0.916. The number of aromatic nitrogens is 3. The molecule has 11 aromatic rings. The fourth-order valence-electron chi connectivity index (χ4n) is 8.42. The highest BCUT2D eigenvalue weighted by atomic mass is 15.1. The highest BCUT2D eigenvalue weighted by Crippen LogP contribution is 2.43. The molecule has 9 aromatic carbocycles. The van der Waals surface area contributed by atoms with E-state index in [1.165, 1.54) is 38.1 Å². The molecule has 3 nitrogen and oxygen atoms in total. The molecule has 0 aliphatic heterocycles. The Balaban J connectivity index is 1.18. The molecular weight excluding hydrogens is 667 g/mol. The SMILES string of the molecule is c1ccc(-n2c(-c3ccc(-c4cc(-c5cccc6ccccc56)nc5c4cc(-c4cccc6ccccc46)c4ccccc45)cc3)nc3ccccc32)cc1. The summed E-state index contributed by atoms with van der Waals surface area (Å²) in [6.45, 7) is 0. The van der Waals surface area contributed by atoms with Gasteiger partial charge in [0, 0.05) is 27.6 Å². The molecular formula is C52H33N3. The van der Waals surface area contributed by atoms with E-state index in [0.29, 0.717) is 0 Å². The molecule has 0 saturated heterocycles. The van der Waals surface area contributed by atoms with Gasteiger partial charge in [-0.05, 0) is 85.6 Å². The number of para-hydroxylation sites is 3. The number of hydrogen-bond donors (Lipinski definition) is 0. The van der Waals surface area contributed by atoms with Crippen LogP contribution in [0.4, 0.5) is 0 Å². The van der Waals surface area contributed by atoms with E-state index in [-0.39, 0.29) is 0 Å².